The van der Waals surface area contributed by atoms with Gasteiger partial charge in [-0.25, -0.2) is 9.97 Å². The zero-order valence-corrected chi connectivity index (χ0v) is 11.5. The molecule has 0 spiro atoms. The Balaban J connectivity index is 1.97. The van der Waals surface area contributed by atoms with Crippen LogP contribution in [0, 0.1) is 0 Å². The van der Waals surface area contributed by atoms with E-state index in [1.54, 1.807) is 23.9 Å². The highest BCUT2D eigenvalue weighted by molar-refractivity contribution is 7.15. The van der Waals surface area contributed by atoms with E-state index in [4.69, 9.17) is 0 Å². The molecule has 0 amide bonds. The van der Waals surface area contributed by atoms with Gasteiger partial charge in [0, 0.05) is 11.4 Å². The van der Waals surface area contributed by atoms with Crippen LogP contribution in [0.1, 0.15) is 36.3 Å². The summed E-state index contributed by atoms with van der Waals surface area (Å²) in [7, 11) is 0. The number of hydrogen-bond donors (Lipinski definition) is 1. The number of imidazole rings is 1. The summed E-state index contributed by atoms with van der Waals surface area (Å²) in [6, 6.07) is 0. The van der Waals surface area contributed by atoms with Gasteiger partial charge in [0.15, 0.2) is 0 Å². The Morgan fingerprint density at radius 3 is 3.21 bits per heavy atom. The van der Waals surface area contributed by atoms with E-state index in [1.807, 2.05) is 0 Å². The van der Waals surface area contributed by atoms with Crippen molar-refractivity contribution in [1.29, 1.82) is 0 Å². The van der Waals surface area contributed by atoms with Gasteiger partial charge in [0.2, 0.25) is 0 Å². The molecule has 0 saturated carbocycles. The zero-order chi connectivity index (χ0) is 13.4. The van der Waals surface area contributed by atoms with E-state index in [0.29, 0.717) is 6.42 Å². The lowest BCUT2D eigenvalue weighted by Crippen LogP contribution is -2.08. The largest absolute Gasteiger partial charge is 0.481 e. The summed E-state index contributed by atoms with van der Waals surface area (Å²) < 4.78 is 2.07. The number of fused-ring (bicyclic) bond motifs is 1. The van der Waals surface area contributed by atoms with E-state index >= 15 is 0 Å². The zero-order valence-electron chi connectivity index (χ0n) is 10.7. The summed E-state index contributed by atoms with van der Waals surface area (Å²) in [5, 5.41) is 10.1. The van der Waals surface area contributed by atoms with Crippen LogP contribution in [0.25, 0.3) is 10.7 Å². The number of aromatic nitrogens is 3. The summed E-state index contributed by atoms with van der Waals surface area (Å²) in [6.07, 6.45) is 6.15. The third-order valence-electron chi connectivity index (χ3n) is 3.41. The van der Waals surface area contributed by atoms with Crippen molar-refractivity contribution in [3.05, 3.63) is 23.1 Å². The highest BCUT2D eigenvalue weighted by Gasteiger charge is 2.32. The third-order valence-corrected chi connectivity index (χ3v) is 4.57. The van der Waals surface area contributed by atoms with Gasteiger partial charge in [0.1, 0.15) is 10.9 Å². The van der Waals surface area contributed by atoms with Crippen LogP contribution in [0.3, 0.4) is 0 Å². The molecule has 1 aliphatic rings. The fraction of sp³-hybridized carbons (Fsp3) is 0.462. The molecule has 0 bridgehead atoms. The SMILES string of the molecule is CCCn1cncc1-c1nc2c(s1)CCC2C(=O)O. The van der Waals surface area contributed by atoms with Gasteiger partial charge in [-0.1, -0.05) is 6.92 Å². The van der Waals surface area contributed by atoms with Gasteiger partial charge < -0.3 is 9.67 Å². The first kappa shape index (κ1) is 12.3. The number of thiazole rings is 1. The van der Waals surface area contributed by atoms with Crippen molar-refractivity contribution in [2.24, 2.45) is 0 Å². The summed E-state index contributed by atoms with van der Waals surface area (Å²) >= 11 is 1.61. The van der Waals surface area contributed by atoms with Crippen LogP contribution in [0.2, 0.25) is 0 Å². The Bertz CT molecular complexity index is 617. The minimum atomic E-state index is -0.766. The number of hydrogen-bond acceptors (Lipinski definition) is 4. The number of rotatable bonds is 4. The molecular weight excluding hydrogens is 262 g/mol. The second-order valence-electron chi connectivity index (χ2n) is 4.73. The van der Waals surface area contributed by atoms with Gasteiger partial charge in [-0.05, 0) is 19.3 Å². The minimum absolute atomic E-state index is 0.428. The Kier molecular flexibility index (Phi) is 3.10. The van der Waals surface area contributed by atoms with Crippen LogP contribution < -0.4 is 0 Å². The molecule has 2 aromatic heterocycles. The average molecular weight is 277 g/mol. The first-order valence-corrected chi connectivity index (χ1v) is 7.25. The number of nitrogens with zero attached hydrogens (tertiary/aromatic N) is 3. The Morgan fingerprint density at radius 2 is 2.47 bits per heavy atom. The molecule has 5 nitrogen and oxygen atoms in total. The predicted molar refractivity (Wildman–Crippen MR) is 72.3 cm³/mol. The molecular formula is C13H15N3O2S. The lowest BCUT2D eigenvalue weighted by atomic mass is 10.1. The van der Waals surface area contributed by atoms with Crippen LogP contribution in [-0.4, -0.2) is 25.6 Å². The quantitative estimate of drug-likeness (QED) is 0.932. The molecule has 0 aromatic carbocycles. The highest BCUT2D eigenvalue weighted by atomic mass is 32.1. The predicted octanol–water partition coefficient (Wildman–Crippen LogP) is 2.53. The molecule has 0 radical (unpaired) electrons. The molecule has 1 atom stereocenters. The average Bonchev–Trinajstić information content (AvgIpc) is 3.00. The fourth-order valence-corrected chi connectivity index (χ4v) is 3.66. The standard InChI is InChI=1S/C13H15N3O2S/c1-2-5-16-7-14-6-9(16)12-15-11-8(13(17)18)3-4-10(11)19-12/h6-8H,2-5H2,1H3,(H,17,18). The monoisotopic (exact) mass is 277 g/mol. The molecule has 0 aliphatic heterocycles. The van der Waals surface area contributed by atoms with Crippen LogP contribution >= 0.6 is 11.3 Å². The van der Waals surface area contributed by atoms with Crippen molar-refractivity contribution < 1.29 is 9.90 Å². The molecule has 6 heteroatoms. The Labute approximate surface area is 114 Å². The van der Waals surface area contributed by atoms with Crippen LogP contribution in [0.5, 0.6) is 0 Å². The Morgan fingerprint density at radius 1 is 1.63 bits per heavy atom. The van der Waals surface area contributed by atoms with Crippen molar-refractivity contribution in [3.63, 3.8) is 0 Å². The normalized spacial score (nSPS) is 17.6. The number of carboxylic acid groups (broad SMARTS) is 1. The molecule has 2 aromatic rings. The third kappa shape index (κ3) is 2.06. The maximum absolute atomic E-state index is 11.2. The summed E-state index contributed by atoms with van der Waals surface area (Å²) in [5.41, 5.74) is 1.75. The molecule has 2 heterocycles. The maximum Gasteiger partial charge on any atom is 0.312 e. The van der Waals surface area contributed by atoms with Crippen LogP contribution in [0.15, 0.2) is 12.5 Å². The molecule has 1 N–H and O–H groups in total. The van der Waals surface area contributed by atoms with E-state index in [0.717, 1.165) is 40.7 Å². The topological polar surface area (TPSA) is 68.0 Å². The van der Waals surface area contributed by atoms with Crippen molar-refractivity contribution in [2.45, 2.75) is 38.6 Å². The highest BCUT2D eigenvalue weighted by Crippen LogP contribution is 2.39. The molecule has 0 fully saturated rings. The first-order valence-electron chi connectivity index (χ1n) is 6.43. The van der Waals surface area contributed by atoms with Crippen LogP contribution in [-0.2, 0) is 17.8 Å². The molecule has 3 rings (SSSR count). The van der Waals surface area contributed by atoms with Gasteiger partial charge in [-0.15, -0.1) is 11.3 Å². The smallest absolute Gasteiger partial charge is 0.312 e. The van der Waals surface area contributed by atoms with E-state index in [9.17, 15) is 9.90 Å². The van der Waals surface area contributed by atoms with E-state index in [1.165, 1.54) is 0 Å². The van der Waals surface area contributed by atoms with Crippen molar-refractivity contribution in [2.75, 3.05) is 0 Å². The Hall–Kier alpha value is -1.69. The minimum Gasteiger partial charge on any atom is -0.481 e. The molecule has 19 heavy (non-hydrogen) atoms. The summed E-state index contributed by atoms with van der Waals surface area (Å²) in [4.78, 5) is 21.0. The van der Waals surface area contributed by atoms with Gasteiger partial charge in [0.05, 0.1) is 23.9 Å². The van der Waals surface area contributed by atoms with E-state index < -0.39 is 11.9 Å². The second-order valence-corrected chi connectivity index (χ2v) is 5.81. The van der Waals surface area contributed by atoms with E-state index in [-0.39, 0.29) is 0 Å². The number of aliphatic carboxylic acids is 1. The lowest BCUT2D eigenvalue weighted by Gasteiger charge is -2.04. The second kappa shape index (κ2) is 4.77. The van der Waals surface area contributed by atoms with E-state index in [2.05, 4.69) is 21.5 Å². The summed E-state index contributed by atoms with van der Waals surface area (Å²) in [6.45, 7) is 3.02. The van der Waals surface area contributed by atoms with Crippen molar-refractivity contribution >= 4 is 17.3 Å². The molecule has 100 valence electrons. The molecule has 1 unspecified atom stereocenters. The van der Waals surface area contributed by atoms with Crippen molar-refractivity contribution in [3.8, 4) is 10.7 Å². The fourth-order valence-electron chi connectivity index (χ4n) is 2.49. The number of carboxylic acids is 1. The summed E-state index contributed by atoms with van der Waals surface area (Å²) in [5.74, 6) is -1.19. The van der Waals surface area contributed by atoms with Gasteiger partial charge in [-0.3, -0.25) is 4.79 Å². The van der Waals surface area contributed by atoms with Crippen molar-refractivity contribution in [1.82, 2.24) is 14.5 Å². The molecule has 0 saturated heterocycles. The lowest BCUT2D eigenvalue weighted by molar-refractivity contribution is -0.138. The van der Waals surface area contributed by atoms with Gasteiger partial charge in [-0.2, -0.15) is 0 Å². The number of aryl methyl sites for hydroxylation is 2. The van der Waals surface area contributed by atoms with Crippen LogP contribution in [0.4, 0.5) is 0 Å². The van der Waals surface area contributed by atoms with Gasteiger partial charge in [0.25, 0.3) is 0 Å². The maximum atomic E-state index is 11.2. The van der Waals surface area contributed by atoms with Gasteiger partial charge >= 0.3 is 5.97 Å². The molecule has 1 aliphatic carbocycles. The number of carbonyl (C=O) groups is 1. The first-order chi connectivity index (χ1) is 9.20.